The lowest BCUT2D eigenvalue weighted by atomic mass is 10.1. The predicted molar refractivity (Wildman–Crippen MR) is 79.6 cm³/mol. The van der Waals surface area contributed by atoms with E-state index < -0.39 is 5.97 Å². The van der Waals surface area contributed by atoms with E-state index >= 15 is 0 Å². The average Bonchev–Trinajstić information content (AvgIpc) is 2.54. The molecule has 0 aliphatic carbocycles. The number of benzene rings is 2. The van der Waals surface area contributed by atoms with Crippen LogP contribution in [0, 0.1) is 0 Å². The summed E-state index contributed by atoms with van der Waals surface area (Å²) in [5, 5.41) is 8.96. The molecule has 0 unspecified atom stereocenters. The molecule has 110 valence electrons. The van der Waals surface area contributed by atoms with Crippen molar-refractivity contribution in [2.75, 3.05) is 6.61 Å². The van der Waals surface area contributed by atoms with Crippen molar-refractivity contribution >= 4 is 5.97 Å². The molecule has 0 fully saturated rings. The van der Waals surface area contributed by atoms with Crippen LogP contribution in [0.1, 0.15) is 29.3 Å². The zero-order valence-electron chi connectivity index (χ0n) is 11.9. The van der Waals surface area contributed by atoms with Gasteiger partial charge in [-0.3, -0.25) is 0 Å². The Morgan fingerprint density at radius 3 is 2.19 bits per heavy atom. The van der Waals surface area contributed by atoms with Gasteiger partial charge >= 0.3 is 5.97 Å². The van der Waals surface area contributed by atoms with Gasteiger partial charge in [-0.15, -0.1) is 0 Å². The number of aliphatic hydroxyl groups is 1. The van der Waals surface area contributed by atoms with Crippen molar-refractivity contribution in [1.82, 2.24) is 0 Å². The summed E-state index contributed by atoms with van der Waals surface area (Å²) in [5.74, 6) is 0.792. The van der Waals surface area contributed by atoms with Gasteiger partial charge in [0.05, 0.1) is 18.8 Å². The van der Waals surface area contributed by atoms with Gasteiger partial charge in [-0.1, -0.05) is 19.1 Å². The fraction of sp³-hybridized carbons (Fsp3) is 0.235. The van der Waals surface area contributed by atoms with E-state index in [0.717, 1.165) is 17.7 Å². The molecule has 2 aromatic rings. The van der Waals surface area contributed by atoms with Gasteiger partial charge in [0.15, 0.2) is 0 Å². The molecule has 1 N–H and O–H groups in total. The standard InChI is InChI=1S/C17H18O4/c1-2-11-20-15-7-9-16(10-8-15)21-17(19)14-5-3-13(12-18)4-6-14/h3-10,18H,2,11-12H2,1H3. The maximum Gasteiger partial charge on any atom is 0.343 e. The normalized spacial score (nSPS) is 10.2. The van der Waals surface area contributed by atoms with Crippen LogP contribution in [-0.2, 0) is 6.61 Å². The molecule has 2 aromatic carbocycles. The Balaban J connectivity index is 1.98. The molecule has 4 heteroatoms. The summed E-state index contributed by atoms with van der Waals surface area (Å²) < 4.78 is 10.7. The third-order valence-electron chi connectivity index (χ3n) is 2.88. The first-order chi connectivity index (χ1) is 10.2. The van der Waals surface area contributed by atoms with Gasteiger partial charge in [0.25, 0.3) is 0 Å². The van der Waals surface area contributed by atoms with Crippen LogP contribution < -0.4 is 9.47 Å². The third-order valence-corrected chi connectivity index (χ3v) is 2.88. The van der Waals surface area contributed by atoms with E-state index in [1.54, 1.807) is 48.5 Å². The van der Waals surface area contributed by atoms with Gasteiger partial charge in [0.1, 0.15) is 11.5 Å². The quantitative estimate of drug-likeness (QED) is 0.654. The zero-order valence-corrected chi connectivity index (χ0v) is 11.9. The molecular formula is C17H18O4. The molecule has 0 spiro atoms. The number of hydrogen-bond acceptors (Lipinski definition) is 4. The van der Waals surface area contributed by atoms with E-state index in [-0.39, 0.29) is 6.61 Å². The molecule has 0 radical (unpaired) electrons. The second-order valence-corrected chi connectivity index (χ2v) is 4.56. The Labute approximate surface area is 123 Å². The van der Waals surface area contributed by atoms with Crippen molar-refractivity contribution in [1.29, 1.82) is 0 Å². The fourth-order valence-electron chi connectivity index (χ4n) is 1.74. The molecule has 0 bridgehead atoms. The van der Waals surface area contributed by atoms with Gasteiger partial charge < -0.3 is 14.6 Å². The summed E-state index contributed by atoms with van der Waals surface area (Å²) in [4.78, 5) is 12.0. The van der Waals surface area contributed by atoms with Crippen molar-refractivity contribution in [3.63, 3.8) is 0 Å². The van der Waals surface area contributed by atoms with Gasteiger partial charge in [0, 0.05) is 0 Å². The van der Waals surface area contributed by atoms with E-state index in [1.807, 2.05) is 6.92 Å². The highest BCUT2D eigenvalue weighted by molar-refractivity contribution is 5.91. The lowest BCUT2D eigenvalue weighted by Gasteiger charge is -2.07. The maximum atomic E-state index is 12.0. The summed E-state index contributed by atoms with van der Waals surface area (Å²) in [7, 11) is 0. The van der Waals surface area contributed by atoms with E-state index in [9.17, 15) is 4.79 Å². The van der Waals surface area contributed by atoms with Crippen molar-refractivity contribution in [3.8, 4) is 11.5 Å². The van der Waals surface area contributed by atoms with Crippen LogP contribution in [0.4, 0.5) is 0 Å². The maximum absolute atomic E-state index is 12.0. The summed E-state index contributed by atoms with van der Waals surface area (Å²) >= 11 is 0. The van der Waals surface area contributed by atoms with Crippen LogP contribution >= 0.6 is 0 Å². The smallest absolute Gasteiger partial charge is 0.343 e. The van der Waals surface area contributed by atoms with Crippen LogP contribution in [0.2, 0.25) is 0 Å². The molecule has 0 aliphatic heterocycles. The van der Waals surface area contributed by atoms with E-state index in [0.29, 0.717) is 17.9 Å². The Morgan fingerprint density at radius 2 is 1.62 bits per heavy atom. The Bertz CT molecular complexity index is 573. The average molecular weight is 286 g/mol. The number of aliphatic hydroxyl groups excluding tert-OH is 1. The lowest BCUT2D eigenvalue weighted by Crippen LogP contribution is -2.08. The summed E-state index contributed by atoms with van der Waals surface area (Å²) in [6.07, 6.45) is 0.945. The van der Waals surface area contributed by atoms with Crippen molar-refractivity contribution in [2.45, 2.75) is 20.0 Å². The lowest BCUT2D eigenvalue weighted by molar-refractivity contribution is 0.0734. The topological polar surface area (TPSA) is 55.8 Å². The molecule has 4 nitrogen and oxygen atoms in total. The van der Waals surface area contributed by atoms with Gasteiger partial charge in [-0.25, -0.2) is 4.79 Å². The summed E-state index contributed by atoms with van der Waals surface area (Å²) in [5.41, 5.74) is 1.20. The third kappa shape index (κ3) is 4.33. The number of carbonyl (C=O) groups excluding carboxylic acids is 1. The van der Waals surface area contributed by atoms with Gasteiger partial charge in [0.2, 0.25) is 0 Å². The highest BCUT2D eigenvalue weighted by atomic mass is 16.5. The second-order valence-electron chi connectivity index (χ2n) is 4.56. The molecule has 0 saturated heterocycles. The first-order valence-corrected chi connectivity index (χ1v) is 6.87. The number of rotatable bonds is 6. The molecule has 0 saturated carbocycles. The van der Waals surface area contributed by atoms with Crippen LogP contribution in [-0.4, -0.2) is 17.7 Å². The summed E-state index contributed by atoms with van der Waals surface area (Å²) in [6, 6.07) is 13.6. The Morgan fingerprint density at radius 1 is 1.00 bits per heavy atom. The first kappa shape index (κ1) is 15.1. The van der Waals surface area contributed by atoms with Crippen molar-refractivity contribution < 1.29 is 19.4 Å². The SMILES string of the molecule is CCCOc1ccc(OC(=O)c2ccc(CO)cc2)cc1. The van der Waals surface area contributed by atoms with Crippen LogP contribution in [0.5, 0.6) is 11.5 Å². The fourth-order valence-corrected chi connectivity index (χ4v) is 1.74. The van der Waals surface area contributed by atoms with Gasteiger partial charge in [-0.05, 0) is 48.4 Å². The molecule has 0 atom stereocenters. The highest BCUT2D eigenvalue weighted by Gasteiger charge is 2.08. The van der Waals surface area contributed by atoms with Crippen LogP contribution in [0.15, 0.2) is 48.5 Å². The minimum atomic E-state index is -0.429. The minimum absolute atomic E-state index is 0.0471. The molecular weight excluding hydrogens is 268 g/mol. The number of hydrogen-bond donors (Lipinski definition) is 1. The zero-order chi connectivity index (χ0) is 15.1. The molecule has 0 aromatic heterocycles. The minimum Gasteiger partial charge on any atom is -0.494 e. The predicted octanol–water partition coefficient (Wildman–Crippen LogP) is 3.19. The first-order valence-electron chi connectivity index (χ1n) is 6.87. The monoisotopic (exact) mass is 286 g/mol. The molecule has 0 amide bonds. The van der Waals surface area contributed by atoms with Crippen LogP contribution in [0.3, 0.4) is 0 Å². The van der Waals surface area contributed by atoms with Gasteiger partial charge in [-0.2, -0.15) is 0 Å². The Kier molecular flexibility index (Phi) is 5.35. The van der Waals surface area contributed by atoms with Crippen molar-refractivity contribution in [2.24, 2.45) is 0 Å². The van der Waals surface area contributed by atoms with Crippen LogP contribution in [0.25, 0.3) is 0 Å². The molecule has 21 heavy (non-hydrogen) atoms. The number of ether oxygens (including phenoxy) is 2. The van der Waals surface area contributed by atoms with E-state index in [4.69, 9.17) is 14.6 Å². The second kappa shape index (κ2) is 7.45. The van der Waals surface area contributed by atoms with E-state index in [2.05, 4.69) is 0 Å². The molecule has 0 aliphatic rings. The highest BCUT2D eigenvalue weighted by Crippen LogP contribution is 2.19. The number of esters is 1. The molecule has 0 heterocycles. The van der Waals surface area contributed by atoms with E-state index in [1.165, 1.54) is 0 Å². The number of carbonyl (C=O) groups is 1. The largest absolute Gasteiger partial charge is 0.494 e. The Hall–Kier alpha value is -2.33. The summed E-state index contributed by atoms with van der Waals surface area (Å²) in [6.45, 7) is 2.66. The van der Waals surface area contributed by atoms with Crippen molar-refractivity contribution in [3.05, 3.63) is 59.7 Å². The molecule has 2 rings (SSSR count).